The van der Waals surface area contributed by atoms with Gasteiger partial charge in [-0.3, -0.25) is 0 Å². The van der Waals surface area contributed by atoms with Gasteiger partial charge >= 0.3 is 0 Å². The number of halogens is 2. The molecule has 38 heavy (non-hydrogen) atoms. The van der Waals surface area contributed by atoms with Gasteiger partial charge in [-0.2, -0.15) is 5.10 Å². The normalized spacial score (nSPS) is 17.8. The molecule has 0 unspecified atom stereocenters. The molecule has 0 radical (unpaired) electrons. The molecule has 0 aliphatic heterocycles. The number of ether oxygens (including phenoxy) is 1. The summed E-state index contributed by atoms with van der Waals surface area (Å²) in [6.45, 7) is 3.95. The Kier molecular flexibility index (Phi) is 6.85. The Morgan fingerprint density at radius 1 is 1.26 bits per heavy atom. The number of aromatic hydroxyl groups is 1. The van der Waals surface area contributed by atoms with Crippen molar-refractivity contribution in [1.82, 2.24) is 14.6 Å². The van der Waals surface area contributed by atoms with Crippen molar-refractivity contribution in [2.75, 3.05) is 12.4 Å². The van der Waals surface area contributed by atoms with Gasteiger partial charge in [0.2, 0.25) is 5.88 Å². The van der Waals surface area contributed by atoms with Crippen LogP contribution in [0.4, 0.5) is 15.8 Å². The number of rotatable bonds is 6. The number of aryl methyl sites for hydroxylation is 2. The third-order valence-corrected chi connectivity index (χ3v) is 7.17. The van der Waals surface area contributed by atoms with Gasteiger partial charge in [0.05, 0.1) is 40.8 Å². The first kappa shape index (κ1) is 25.7. The van der Waals surface area contributed by atoms with Crippen molar-refractivity contribution in [3.8, 4) is 22.8 Å². The predicted molar refractivity (Wildman–Crippen MR) is 147 cm³/mol. The number of aromatic nitrogens is 3. The molecule has 1 aliphatic carbocycles. The van der Waals surface area contributed by atoms with Gasteiger partial charge in [-0.1, -0.05) is 11.6 Å². The highest BCUT2D eigenvalue weighted by atomic mass is 35.5. The second-order valence-corrected chi connectivity index (χ2v) is 10.0. The Morgan fingerprint density at radius 3 is 2.74 bits per heavy atom. The van der Waals surface area contributed by atoms with Crippen LogP contribution in [0.5, 0.6) is 11.6 Å². The first-order valence-electron chi connectivity index (χ1n) is 12.2. The minimum atomic E-state index is -0.845. The molecule has 0 spiro atoms. The van der Waals surface area contributed by atoms with E-state index in [1.807, 2.05) is 32.2 Å². The van der Waals surface area contributed by atoms with Gasteiger partial charge in [-0.05, 0) is 44.7 Å². The third kappa shape index (κ3) is 4.84. The lowest BCUT2D eigenvalue weighted by molar-refractivity contribution is 0.396. The monoisotopic (exact) mass is 537 g/mol. The first-order valence-corrected chi connectivity index (χ1v) is 12.6. The molecule has 1 saturated carbocycles. The molecule has 1 fully saturated rings. The molecule has 5 rings (SSSR count). The van der Waals surface area contributed by atoms with Crippen LogP contribution < -0.4 is 21.5 Å². The molecule has 1 aliphatic rings. The minimum Gasteiger partial charge on any atom is -0.505 e. The average Bonchev–Trinajstić information content (AvgIpc) is 3.48. The van der Waals surface area contributed by atoms with Crippen LogP contribution in [0.2, 0.25) is 5.02 Å². The van der Waals surface area contributed by atoms with Crippen LogP contribution in [0, 0.1) is 19.7 Å². The summed E-state index contributed by atoms with van der Waals surface area (Å²) in [5.74, 6) is -0.753. The van der Waals surface area contributed by atoms with Crippen molar-refractivity contribution >= 4 is 34.3 Å². The Labute approximate surface area is 224 Å². The average molecular weight is 538 g/mol. The maximum Gasteiger partial charge on any atom is 0.213 e. The number of benzene rings is 1. The minimum absolute atomic E-state index is 0.0695. The molecule has 11 heteroatoms. The van der Waals surface area contributed by atoms with Crippen LogP contribution in [-0.4, -0.2) is 44.7 Å². The number of nitrogens with zero attached hydrogens (tertiary/aromatic N) is 4. The molecule has 9 nitrogen and oxygen atoms in total. The molecule has 0 amide bonds. The number of phenols is 1. The number of nitrogens with one attached hydrogen (secondary N) is 1. The summed E-state index contributed by atoms with van der Waals surface area (Å²) < 4.78 is 21.1. The molecule has 0 bridgehead atoms. The second kappa shape index (κ2) is 10.1. The van der Waals surface area contributed by atoms with E-state index in [0.29, 0.717) is 11.4 Å². The molecular formula is C27H29ClFN7O2. The zero-order valence-electron chi connectivity index (χ0n) is 21.3. The van der Waals surface area contributed by atoms with E-state index >= 15 is 0 Å². The van der Waals surface area contributed by atoms with E-state index in [4.69, 9.17) is 27.8 Å². The largest absolute Gasteiger partial charge is 0.505 e. The zero-order valence-corrected chi connectivity index (χ0v) is 22.1. The van der Waals surface area contributed by atoms with Gasteiger partial charge in [0.15, 0.2) is 11.6 Å². The number of methoxy groups -OCH3 is 1. The number of hydrogen-bond donors (Lipinski definition) is 4. The van der Waals surface area contributed by atoms with Crippen LogP contribution in [0.3, 0.4) is 0 Å². The summed E-state index contributed by atoms with van der Waals surface area (Å²) in [7, 11) is 1.59. The molecule has 4 aromatic rings. The van der Waals surface area contributed by atoms with E-state index in [1.165, 1.54) is 0 Å². The number of nitrogens with two attached hydrogens (primary N) is 2. The van der Waals surface area contributed by atoms with Crippen LogP contribution in [-0.2, 0) is 0 Å². The molecule has 6 N–H and O–H groups in total. The SMILES string of the molecule is COc1cc(C)c(-c2cc3c(N[C@H]4CC[C@@H](N)C4)c(C(N)=Nc4cc(F)c(O)cc4Cl)cnn3c2)c(C)n1. The molecule has 198 valence electrons. The summed E-state index contributed by atoms with van der Waals surface area (Å²) in [5.41, 5.74) is 18.5. The maximum atomic E-state index is 14.0. The highest BCUT2D eigenvalue weighted by Crippen LogP contribution is 2.36. The number of aliphatic imine (C=N–C) groups is 1. The summed E-state index contributed by atoms with van der Waals surface area (Å²) in [4.78, 5) is 8.92. The van der Waals surface area contributed by atoms with E-state index < -0.39 is 11.6 Å². The smallest absolute Gasteiger partial charge is 0.213 e. The lowest BCUT2D eigenvalue weighted by Crippen LogP contribution is -2.24. The van der Waals surface area contributed by atoms with Gasteiger partial charge in [0, 0.05) is 53.3 Å². The Morgan fingerprint density at radius 2 is 2.05 bits per heavy atom. The van der Waals surface area contributed by atoms with E-state index in [1.54, 1.807) is 17.8 Å². The zero-order chi connectivity index (χ0) is 27.1. The molecule has 0 saturated heterocycles. The molecule has 2 atom stereocenters. The fourth-order valence-electron chi connectivity index (χ4n) is 5.03. The number of phenolic OH excluding ortho intramolecular Hbond substituents is 1. The van der Waals surface area contributed by atoms with Crippen LogP contribution in [0.15, 0.2) is 41.7 Å². The third-order valence-electron chi connectivity index (χ3n) is 6.86. The summed E-state index contributed by atoms with van der Waals surface area (Å²) in [6, 6.07) is 6.32. The van der Waals surface area contributed by atoms with Crippen molar-refractivity contribution in [1.29, 1.82) is 0 Å². The summed E-state index contributed by atoms with van der Waals surface area (Å²) in [6.07, 6.45) is 6.20. The number of fused-ring (bicyclic) bond motifs is 1. The lowest BCUT2D eigenvalue weighted by Gasteiger charge is -2.18. The number of anilines is 1. The first-order chi connectivity index (χ1) is 18.1. The second-order valence-electron chi connectivity index (χ2n) is 9.60. The topological polar surface area (TPSA) is 136 Å². The predicted octanol–water partition coefficient (Wildman–Crippen LogP) is 4.85. The van der Waals surface area contributed by atoms with Crippen molar-refractivity contribution in [3.63, 3.8) is 0 Å². The van der Waals surface area contributed by atoms with Crippen molar-refractivity contribution in [2.45, 2.75) is 45.2 Å². The van der Waals surface area contributed by atoms with E-state index in [0.717, 1.165) is 65.0 Å². The Hall–Kier alpha value is -3.89. The van der Waals surface area contributed by atoms with Gasteiger partial charge < -0.3 is 26.6 Å². The highest BCUT2D eigenvalue weighted by molar-refractivity contribution is 6.33. The van der Waals surface area contributed by atoms with E-state index in [2.05, 4.69) is 20.4 Å². The van der Waals surface area contributed by atoms with Gasteiger partial charge in [-0.15, -0.1) is 0 Å². The molecular weight excluding hydrogens is 509 g/mol. The standard InChI is InChI=1S/C27H29ClFN7O2/c1-13-6-24(38-3)33-14(2)25(13)15-7-22-26(34-17-5-4-16(30)8-17)18(11-32-36(22)12-15)27(31)35-21-10-20(29)23(37)9-19(21)28/h6-7,9-12,16-17,34,37H,4-5,8,30H2,1-3H3,(H2,31,35)/t16-,17+/m1/s1. The van der Waals surface area contributed by atoms with Gasteiger partial charge in [-0.25, -0.2) is 18.9 Å². The van der Waals surface area contributed by atoms with Crippen LogP contribution >= 0.6 is 11.6 Å². The van der Waals surface area contributed by atoms with Gasteiger partial charge in [0.25, 0.3) is 0 Å². The quantitative estimate of drug-likeness (QED) is 0.204. The highest BCUT2D eigenvalue weighted by Gasteiger charge is 2.25. The fourth-order valence-corrected chi connectivity index (χ4v) is 5.23. The number of hydrogen-bond acceptors (Lipinski definition) is 7. The van der Waals surface area contributed by atoms with E-state index in [-0.39, 0.29) is 28.6 Å². The maximum absolute atomic E-state index is 14.0. The summed E-state index contributed by atoms with van der Waals surface area (Å²) in [5, 5.41) is 17.9. The lowest BCUT2D eigenvalue weighted by atomic mass is 10.0. The number of amidine groups is 1. The van der Waals surface area contributed by atoms with Crippen molar-refractivity contribution in [3.05, 3.63) is 64.3 Å². The van der Waals surface area contributed by atoms with Crippen molar-refractivity contribution in [2.24, 2.45) is 16.5 Å². The molecule has 1 aromatic carbocycles. The van der Waals surface area contributed by atoms with Gasteiger partial charge in [0.1, 0.15) is 5.84 Å². The van der Waals surface area contributed by atoms with Crippen LogP contribution in [0.25, 0.3) is 16.6 Å². The fraction of sp³-hybridized carbons (Fsp3) is 0.296. The summed E-state index contributed by atoms with van der Waals surface area (Å²) >= 11 is 6.19. The van der Waals surface area contributed by atoms with E-state index in [9.17, 15) is 9.50 Å². The van der Waals surface area contributed by atoms with Crippen LogP contribution in [0.1, 0.15) is 36.1 Å². The van der Waals surface area contributed by atoms with Crippen molar-refractivity contribution < 1.29 is 14.2 Å². The molecule has 3 heterocycles. The number of pyridine rings is 1. The Balaban J connectivity index is 1.65. The Bertz CT molecular complexity index is 1550. The molecule has 3 aromatic heterocycles.